The highest BCUT2D eigenvalue weighted by molar-refractivity contribution is 6.74. The molecule has 1 atom stereocenters. The smallest absolute Gasteiger partial charge is 0.408 e. The van der Waals surface area contributed by atoms with E-state index >= 15 is 0 Å². The van der Waals surface area contributed by atoms with Gasteiger partial charge >= 0.3 is 6.09 Å². The lowest BCUT2D eigenvalue weighted by Crippen LogP contribution is -2.52. The Bertz CT molecular complexity index is 777. The van der Waals surface area contributed by atoms with Crippen molar-refractivity contribution in [3.8, 4) is 0 Å². The van der Waals surface area contributed by atoms with Gasteiger partial charge in [-0.1, -0.05) is 51.1 Å². The van der Waals surface area contributed by atoms with Gasteiger partial charge in [0.05, 0.1) is 20.0 Å². The number of alkyl carbamates (subject to hydrolysis) is 1. The van der Waals surface area contributed by atoms with Crippen LogP contribution in [0.2, 0.25) is 18.1 Å². The second-order valence-electron chi connectivity index (χ2n) is 8.61. The fraction of sp³-hybridized carbons (Fsp3) is 0.500. The van der Waals surface area contributed by atoms with E-state index in [4.69, 9.17) is 14.0 Å². The first-order valence-corrected chi connectivity index (χ1v) is 13.2. The van der Waals surface area contributed by atoms with E-state index in [1.54, 1.807) is 18.7 Å². The van der Waals surface area contributed by atoms with Crippen LogP contribution in [-0.2, 0) is 25.4 Å². The van der Waals surface area contributed by atoms with E-state index in [-0.39, 0.29) is 18.3 Å². The molecule has 0 aliphatic carbocycles. The first kappa shape index (κ1) is 27.3. The molecule has 0 bridgehead atoms. The van der Waals surface area contributed by atoms with Crippen molar-refractivity contribution in [3.63, 3.8) is 0 Å². The van der Waals surface area contributed by atoms with Crippen LogP contribution in [-0.4, -0.2) is 62.2 Å². The Hall–Kier alpha value is -2.69. The van der Waals surface area contributed by atoms with Gasteiger partial charge in [0.25, 0.3) is 5.91 Å². The summed E-state index contributed by atoms with van der Waals surface area (Å²) in [6, 6.07) is 8.43. The summed E-state index contributed by atoms with van der Waals surface area (Å²) >= 11 is 0. The van der Waals surface area contributed by atoms with Gasteiger partial charge in [0, 0.05) is 19.4 Å². The number of hydroxylamine groups is 2. The molecule has 2 amide bonds. The van der Waals surface area contributed by atoms with Crippen molar-refractivity contribution in [3.05, 3.63) is 54.6 Å². The number of aromatic nitrogens is 2. The van der Waals surface area contributed by atoms with Crippen LogP contribution in [0.4, 0.5) is 4.79 Å². The largest absolute Gasteiger partial charge is 0.445 e. The highest BCUT2D eigenvalue weighted by atomic mass is 28.4. The van der Waals surface area contributed by atoms with Crippen molar-refractivity contribution in [2.45, 2.75) is 51.6 Å². The SMILES string of the molecule is CON(C)C(=O)[C@@H](CO[Si](C)(C)C(C)(C)C)NC(=O)OCc1ccccc1.c1c[nH]cn1. The Morgan fingerprint density at radius 1 is 1.22 bits per heavy atom. The molecule has 0 spiro atoms. The predicted molar refractivity (Wildman–Crippen MR) is 125 cm³/mol. The summed E-state index contributed by atoms with van der Waals surface area (Å²) in [5, 5.41) is 3.65. The Balaban J connectivity index is 0.000000894. The minimum Gasteiger partial charge on any atom is -0.445 e. The monoisotopic (exact) mass is 464 g/mol. The number of nitrogens with zero attached hydrogens (tertiary/aromatic N) is 2. The second-order valence-corrected chi connectivity index (χ2v) is 13.4. The van der Waals surface area contributed by atoms with Crippen LogP contribution in [0.3, 0.4) is 0 Å². The van der Waals surface area contributed by atoms with Gasteiger partial charge in [0.1, 0.15) is 12.6 Å². The van der Waals surface area contributed by atoms with Crippen LogP contribution in [0.25, 0.3) is 0 Å². The lowest BCUT2D eigenvalue weighted by molar-refractivity contribution is -0.171. The molecular formula is C22H36N4O5Si. The minimum absolute atomic E-state index is 0.0123. The molecule has 178 valence electrons. The second kappa shape index (κ2) is 13.0. The standard InChI is InChI=1S/C19H32N2O5Si.C3H4N2/c1-19(2,3)27(6,7)26-14-16(17(22)21(4)24-5)20-18(23)25-13-15-11-9-8-10-12-15;1-2-5-3-4-1/h8-12,16H,13-14H2,1-7H3,(H,20,23);1-3H,(H,4,5)/t16-;/m1./s1. The lowest BCUT2D eigenvalue weighted by Gasteiger charge is -2.37. The van der Waals surface area contributed by atoms with Crippen molar-refractivity contribution < 1.29 is 23.6 Å². The van der Waals surface area contributed by atoms with Gasteiger partial charge in [-0.2, -0.15) is 0 Å². The van der Waals surface area contributed by atoms with E-state index in [9.17, 15) is 9.59 Å². The summed E-state index contributed by atoms with van der Waals surface area (Å²) in [5.74, 6) is -0.409. The molecular weight excluding hydrogens is 428 g/mol. The van der Waals surface area contributed by atoms with Crippen molar-refractivity contribution >= 4 is 20.3 Å². The Labute approximate surface area is 191 Å². The molecule has 0 saturated heterocycles. The first-order valence-electron chi connectivity index (χ1n) is 10.3. The molecule has 0 fully saturated rings. The molecule has 1 aromatic carbocycles. The molecule has 1 aromatic heterocycles. The van der Waals surface area contributed by atoms with Gasteiger partial charge < -0.3 is 19.5 Å². The molecule has 32 heavy (non-hydrogen) atoms. The third kappa shape index (κ3) is 9.63. The number of nitrogens with one attached hydrogen (secondary N) is 2. The molecule has 2 N–H and O–H groups in total. The molecule has 0 aliphatic rings. The first-order chi connectivity index (χ1) is 15.0. The molecule has 1 heterocycles. The number of H-pyrrole nitrogens is 1. The number of hydrogen-bond acceptors (Lipinski definition) is 6. The van der Waals surface area contributed by atoms with Crippen LogP contribution in [0.5, 0.6) is 0 Å². The molecule has 0 saturated carbocycles. The topological polar surface area (TPSA) is 106 Å². The maximum atomic E-state index is 12.5. The summed E-state index contributed by atoms with van der Waals surface area (Å²) in [4.78, 5) is 36.1. The van der Waals surface area contributed by atoms with Gasteiger partial charge in [-0.15, -0.1) is 0 Å². The van der Waals surface area contributed by atoms with Gasteiger partial charge in [0.2, 0.25) is 0 Å². The molecule has 0 radical (unpaired) electrons. The van der Waals surface area contributed by atoms with Crippen molar-refractivity contribution in [2.75, 3.05) is 20.8 Å². The molecule has 2 rings (SSSR count). The van der Waals surface area contributed by atoms with Crippen LogP contribution in [0.15, 0.2) is 49.1 Å². The number of amides is 2. The average Bonchev–Trinajstić information content (AvgIpc) is 3.34. The van der Waals surface area contributed by atoms with Crippen molar-refractivity contribution in [1.29, 1.82) is 0 Å². The average molecular weight is 465 g/mol. The number of aromatic amines is 1. The summed E-state index contributed by atoms with van der Waals surface area (Å²) in [6.07, 6.45) is 4.40. The molecule has 9 nitrogen and oxygen atoms in total. The lowest BCUT2D eigenvalue weighted by atomic mass is 10.2. The predicted octanol–water partition coefficient (Wildman–Crippen LogP) is 3.73. The van der Waals surface area contributed by atoms with E-state index in [0.29, 0.717) is 0 Å². The zero-order valence-electron chi connectivity index (χ0n) is 20.0. The Kier molecular flexibility index (Phi) is 11.1. The van der Waals surface area contributed by atoms with E-state index in [1.807, 2.05) is 30.3 Å². The summed E-state index contributed by atoms with van der Waals surface area (Å²) in [6.45, 7) is 10.7. The molecule has 0 unspecified atom stereocenters. The maximum absolute atomic E-state index is 12.5. The number of hydrogen-bond donors (Lipinski definition) is 2. The third-order valence-corrected chi connectivity index (χ3v) is 9.71. The van der Waals surface area contributed by atoms with Gasteiger partial charge in [-0.3, -0.25) is 9.63 Å². The van der Waals surface area contributed by atoms with Gasteiger partial charge in [-0.05, 0) is 23.7 Å². The number of ether oxygens (including phenoxy) is 1. The van der Waals surface area contributed by atoms with Crippen LogP contribution < -0.4 is 5.32 Å². The number of benzene rings is 1. The van der Waals surface area contributed by atoms with Crippen LogP contribution in [0, 0.1) is 0 Å². The number of likely N-dealkylation sites (N-methyl/N-ethyl adjacent to an activating group) is 1. The third-order valence-electron chi connectivity index (χ3n) is 5.21. The number of carbonyl (C=O) groups excluding carboxylic acids is 2. The fourth-order valence-corrected chi connectivity index (χ4v) is 3.13. The summed E-state index contributed by atoms with van der Waals surface area (Å²) in [5.41, 5.74) is 0.863. The number of rotatable bonds is 8. The Morgan fingerprint density at radius 3 is 2.34 bits per heavy atom. The minimum atomic E-state index is -2.08. The summed E-state index contributed by atoms with van der Waals surface area (Å²) in [7, 11) is 0.787. The zero-order valence-corrected chi connectivity index (χ0v) is 21.0. The van der Waals surface area contributed by atoms with Crippen LogP contribution in [0.1, 0.15) is 26.3 Å². The summed E-state index contributed by atoms with van der Waals surface area (Å²) < 4.78 is 11.3. The number of carbonyl (C=O) groups is 2. The van der Waals surface area contributed by atoms with Crippen molar-refractivity contribution in [1.82, 2.24) is 20.3 Å². The van der Waals surface area contributed by atoms with Crippen molar-refractivity contribution in [2.24, 2.45) is 0 Å². The molecule has 2 aromatic rings. The Morgan fingerprint density at radius 2 is 1.88 bits per heavy atom. The van der Waals surface area contributed by atoms with Gasteiger partial charge in [0.15, 0.2) is 8.32 Å². The number of imidazole rings is 1. The van der Waals surface area contributed by atoms with Crippen LogP contribution >= 0.6 is 0 Å². The highest BCUT2D eigenvalue weighted by Crippen LogP contribution is 2.36. The maximum Gasteiger partial charge on any atom is 0.408 e. The van der Waals surface area contributed by atoms with Gasteiger partial charge in [-0.25, -0.2) is 14.8 Å². The zero-order chi connectivity index (χ0) is 24.2. The quantitative estimate of drug-likeness (QED) is 0.455. The van der Waals surface area contributed by atoms with E-state index in [0.717, 1.165) is 10.6 Å². The molecule has 10 heteroatoms. The normalized spacial score (nSPS) is 12.2. The van der Waals surface area contributed by atoms with E-state index < -0.39 is 26.4 Å². The molecule has 0 aliphatic heterocycles. The van der Waals surface area contributed by atoms with E-state index in [2.05, 4.69) is 49.1 Å². The highest BCUT2D eigenvalue weighted by Gasteiger charge is 2.38. The van der Waals surface area contributed by atoms with E-state index in [1.165, 1.54) is 14.2 Å². The fourth-order valence-electron chi connectivity index (χ4n) is 2.11.